The van der Waals surface area contributed by atoms with Crippen LogP contribution >= 0.6 is 0 Å². The summed E-state index contributed by atoms with van der Waals surface area (Å²) in [5.74, 6) is -0.148. The summed E-state index contributed by atoms with van der Waals surface area (Å²) in [5.41, 5.74) is 1.20. The maximum Gasteiger partial charge on any atom is 0.251 e. The fourth-order valence-corrected chi connectivity index (χ4v) is 2.28. The van der Waals surface area contributed by atoms with Gasteiger partial charge >= 0.3 is 0 Å². The second-order valence-electron chi connectivity index (χ2n) is 4.34. The highest BCUT2D eigenvalue weighted by Gasteiger charge is 2.19. The zero-order chi connectivity index (χ0) is 12.3. The van der Waals surface area contributed by atoms with Gasteiger partial charge in [0.25, 0.3) is 5.91 Å². The SMILES string of the molecule is CNC(=O)c1ccc(F)c(C2CCNCC2)c1. The lowest BCUT2D eigenvalue weighted by Gasteiger charge is -2.23. The van der Waals surface area contributed by atoms with E-state index in [1.54, 1.807) is 13.1 Å². The minimum Gasteiger partial charge on any atom is -0.355 e. The zero-order valence-corrected chi connectivity index (χ0v) is 9.92. The molecule has 4 heteroatoms. The number of hydrogen-bond donors (Lipinski definition) is 2. The van der Waals surface area contributed by atoms with Gasteiger partial charge in [0.15, 0.2) is 0 Å². The fraction of sp³-hybridized carbons (Fsp3) is 0.462. The number of hydrogen-bond acceptors (Lipinski definition) is 2. The van der Waals surface area contributed by atoms with Crippen molar-refractivity contribution in [1.29, 1.82) is 0 Å². The van der Waals surface area contributed by atoms with E-state index in [0.29, 0.717) is 11.1 Å². The third-order valence-corrected chi connectivity index (χ3v) is 3.26. The molecule has 1 aliphatic rings. The van der Waals surface area contributed by atoms with Crippen molar-refractivity contribution in [1.82, 2.24) is 10.6 Å². The molecular formula is C13H17FN2O. The number of carbonyl (C=O) groups is 1. The van der Waals surface area contributed by atoms with Crippen molar-refractivity contribution in [3.8, 4) is 0 Å². The lowest BCUT2D eigenvalue weighted by atomic mass is 9.89. The van der Waals surface area contributed by atoms with Crippen molar-refractivity contribution in [3.63, 3.8) is 0 Å². The maximum atomic E-state index is 13.8. The van der Waals surface area contributed by atoms with Crippen LogP contribution in [0.3, 0.4) is 0 Å². The second-order valence-corrected chi connectivity index (χ2v) is 4.34. The van der Waals surface area contributed by atoms with Gasteiger partial charge in [-0.05, 0) is 55.6 Å². The van der Waals surface area contributed by atoms with E-state index in [4.69, 9.17) is 0 Å². The van der Waals surface area contributed by atoms with E-state index in [9.17, 15) is 9.18 Å². The lowest BCUT2D eigenvalue weighted by Crippen LogP contribution is -2.27. The second kappa shape index (κ2) is 5.27. The minimum absolute atomic E-state index is 0.166. The summed E-state index contributed by atoms with van der Waals surface area (Å²) in [6.45, 7) is 1.82. The Balaban J connectivity index is 2.28. The Morgan fingerprint density at radius 2 is 2.12 bits per heavy atom. The molecule has 1 aliphatic heterocycles. The molecule has 1 heterocycles. The lowest BCUT2D eigenvalue weighted by molar-refractivity contribution is 0.0963. The van der Waals surface area contributed by atoms with Crippen LogP contribution in [0.25, 0.3) is 0 Å². The molecule has 0 bridgehead atoms. The van der Waals surface area contributed by atoms with Crippen molar-refractivity contribution < 1.29 is 9.18 Å². The van der Waals surface area contributed by atoms with Gasteiger partial charge in [-0.3, -0.25) is 4.79 Å². The Labute approximate surface area is 100 Å². The minimum atomic E-state index is -0.204. The quantitative estimate of drug-likeness (QED) is 0.819. The highest BCUT2D eigenvalue weighted by molar-refractivity contribution is 5.94. The fourth-order valence-electron chi connectivity index (χ4n) is 2.28. The van der Waals surface area contributed by atoms with Crippen molar-refractivity contribution in [2.75, 3.05) is 20.1 Å². The molecule has 1 saturated heterocycles. The van der Waals surface area contributed by atoms with Crippen molar-refractivity contribution >= 4 is 5.91 Å². The summed E-state index contributed by atoms with van der Waals surface area (Å²) < 4.78 is 13.8. The van der Waals surface area contributed by atoms with Crippen LogP contribution in [0.2, 0.25) is 0 Å². The average molecular weight is 236 g/mol. The van der Waals surface area contributed by atoms with Gasteiger partial charge in [-0.2, -0.15) is 0 Å². The van der Waals surface area contributed by atoms with E-state index in [-0.39, 0.29) is 17.6 Å². The highest BCUT2D eigenvalue weighted by Crippen LogP contribution is 2.28. The molecule has 2 N–H and O–H groups in total. The Bertz CT molecular complexity index is 414. The number of halogens is 1. The molecule has 0 aromatic heterocycles. The van der Waals surface area contributed by atoms with Crippen molar-refractivity contribution in [3.05, 3.63) is 35.1 Å². The molecule has 0 radical (unpaired) electrons. The molecule has 0 unspecified atom stereocenters. The molecule has 0 aliphatic carbocycles. The number of amides is 1. The van der Waals surface area contributed by atoms with Crippen LogP contribution in [-0.4, -0.2) is 26.0 Å². The predicted octanol–water partition coefficient (Wildman–Crippen LogP) is 1.65. The van der Waals surface area contributed by atoms with Gasteiger partial charge in [-0.15, -0.1) is 0 Å². The first kappa shape index (κ1) is 12.0. The summed E-state index contributed by atoms with van der Waals surface area (Å²) in [6, 6.07) is 4.60. The van der Waals surface area contributed by atoms with E-state index in [1.165, 1.54) is 12.1 Å². The largest absolute Gasteiger partial charge is 0.355 e. The van der Waals surface area contributed by atoms with E-state index in [0.717, 1.165) is 25.9 Å². The number of benzene rings is 1. The zero-order valence-electron chi connectivity index (χ0n) is 9.92. The third-order valence-electron chi connectivity index (χ3n) is 3.26. The van der Waals surface area contributed by atoms with Gasteiger partial charge in [0, 0.05) is 12.6 Å². The Morgan fingerprint density at radius 3 is 2.76 bits per heavy atom. The highest BCUT2D eigenvalue weighted by atomic mass is 19.1. The van der Waals surface area contributed by atoms with Crippen LogP contribution in [0.15, 0.2) is 18.2 Å². The van der Waals surface area contributed by atoms with Gasteiger partial charge in [0.1, 0.15) is 5.82 Å². The van der Waals surface area contributed by atoms with Gasteiger partial charge in [-0.25, -0.2) is 4.39 Å². The van der Waals surface area contributed by atoms with Gasteiger partial charge in [0.2, 0.25) is 0 Å². The predicted molar refractivity (Wildman–Crippen MR) is 64.6 cm³/mol. The number of nitrogens with one attached hydrogen (secondary N) is 2. The summed E-state index contributed by atoms with van der Waals surface area (Å²) in [4.78, 5) is 11.5. The van der Waals surface area contributed by atoms with Gasteiger partial charge < -0.3 is 10.6 Å². The monoisotopic (exact) mass is 236 g/mol. The number of carbonyl (C=O) groups excluding carboxylic acids is 1. The van der Waals surface area contributed by atoms with Crippen LogP contribution < -0.4 is 10.6 Å². The average Bonchev–Trinajstić information content (AvgIpc) is 2.39. The molecule has 1 fully saturated rings. The summed E-state index contributed by atoms with van der Waals surface area (Å²) in [6.07, 6.45) is 1.85. The molecule has 0 atom stereocenters. The first-order valence-corrected chi connectivity index (χ1v) is 5.94. The normalized spacial score (nSPS) is 16.8. The standard InChI is InChI=1S/C13H17FN2O/c1-15-13(17)10-2-3-12(14)11(8-10)9-4-6-16-7-5-9/h2-3,8-9,16H,4-7H2,1H3,(H,15,17). The number of rotatable bonds is 2. The van der Waals surface area contributed by atoms with Crippen LogP contribution in [0, 0.1) is 5.82 Å². The molecule has 1 aromatic carbocycles. The molecule has 1 amide bonds. The number of piperidine rings is 1. The molecular weight excluding hydrogens is 219 g/mol. The van der Waals surface area contributed by atoms with Crippen molar-refractivity contribution in [2.24, 2.45) is 0 Å². The summed E-state index contributed by atoms with van der Waals surface area (Å²) in [7, 11) is 1.58. The first-order chi connectivity index (χ1) is 8.22. The summed E-state index contributed by atoms with van der Waals surface area (Å²) >= 11 is 0. The van der Waals surface area contributed by atoms with Gasteiger partial charge in [0.05, 0.1) is 0 Å². The summed E-state index contributed by atoms with van der Waals surface area (Å²) in [5, 5.41) is 5.81. The Morgan fingerprint density at radius 1 is 1.41 bits per heavy atom. The van der Waals surface area contributed by atoms with E-state index >= 15 is 0 Å². The molecule has 2 rings (SSSR count). The van der Waals surface area contributed by atoms with Crippen LogP contribution in [-0.2, 0) is 0 Å². The third kappa shape index (κ3) is 2.64. The van der Waals surface area contributed by atoms with E-state index in [1.807, 2.05) is 0 Å². The topological polar surface area (TPSA) is 41.1 Å². The molecule has 0 saturated carbocycles. The van der Waals surface area contributed by atoms with Crippen LogP contribution in [0.4, 0.5) is 4.39 Å². The Kier molecular flexibility index (Phi) is 3.74. The van der Waals surface area contributed by atoms with Crippen molar-refractivity contribution in [2.45, 2.75) is 18.8 Å². The smallest absolute Gasteiger partial charge is 0.251 e. The molecule has 92 valence electrons. The van der Waals surface area contributed by atoms with E-state index in [2.05, 4.69) is 10.6 Å². The molecule has 1 aromatic rings. The first-order valence-electron chi connectivity index (χ1n) is 5.94. The van der Waals surface area contributed by atoms with Crippen LogP contribution in [0.5, 0.6) is 0 Å². The van der Waals surface area contributed by atoms with Crippen LogP contribution in [0.1, 0.15) is 34.7 Å². The Hall–Kier alpha value is -1.42. The van der Waals surface area contributed by atoms with E-state index < -0.39 is 0 Å². The molecule has 0 spiro atoms. The molecule has 17 heavy (non-hydrogen) atoms. The molecule has 3 nitrogen and oxygen atoms in total. The maximum absolute atomic E-state index is 13.8. The van der Waals surface area contributed by atoms with Gasteiger partial charge in [-0.1, -0.05) is 0 Å².